The van der Waals surface area contributed by atoms with Crippen molar-refractivity contribution in [2.45, 2.75) is 19.8 Å². The van der Waals surface area contributed by atoms with E-state index in [2.05, 4.69) is 5.32 Å². The van der Waals surface area contributed by atoms with Crippen LogP contribution >= 0.6 is 21.6 Å². The van der Waals surface area contributed by atoms with E-state index in [1.807, 2.05) is 17.7 Å². The van der Waals surface area contributed by atoms with Crippen LogP contribution in [-0.2, 0) is 9.53 Å². The number of hydrogen-bond donors (Lipinski definition) is 1. The van der Waals surface area contributed by atoms with Crippen molar-refractivity contribution in [3.63, 3.8) is 0 Å². The average molecular weight is 237 g/mol. The van der Waals surface area contributed by atoms with Gasteiger partial charge in [0, 0.05) is 38.2 Å². The molecule has 1 amide bonds. The molecule has 14 heavy (non-hydrogen) atoms. The topological polar surface area (TPSA) is 38.3 Å². The molecule has 84 valence electrons. The molecule has 5 heteroatoms. The summed E-state index contributed by atoms with van der Waals surface area (Å²) in [5.74, 6) is 2.10. The summed E-state index contributed by atoms with van der Waals surface area (Å²) in [6.07, 6.45) is 1.70. The second kappa shape index (κ2) is 11.2. The van der Waals surface area contributed by atoms with E-state index in [0.717, 1.165) is 31.1 Å². The second-order valence-electron chi connectivity index (χ2n) is 2.62. The smallest absolute Gasteiger partial charge is 0.220 e. The van der Waals surface area contributed by atoms with Gasteiger partial charge >= 0.3 is 0 Å². The van der Waals surface area contributed by atoms with Crippen LogP contribution in [0.1, 0.15) is 19.8 Å². The van der Waals surface area contributed by atoms with Crippen molar-refractivity contribution < 1.29 is 9.53 Å². The Labute approximate surface area is 94.1 Å². The maximum atomic E-state index is 10.8. The van der Waals surface area contributed by atoms with Crippen LogP contribution in [0.4, 0.5) is 0 Å². The van der Waals surface area contributed by atoms with E-state index >= 15 is 0 Å². The number of rotatable bonds is 9. The third-order valence-corrected chi connectivity index (χ3v) is 3.99. The molecule has 0 aromatic carbocycles. The molecule has 0 unspecified atom stereocenters. The Balaban J connectivity index is 2.95. The summed E-state index contributed by atoms with van der Waals surface area (Å²) in [6, 6.07) is 0. The van der Waals surface area contributed by atoms with Gasteiger partial charge in [0.15, 0.2) is 0 Å². The number of ether oxygens (including phenoxy) is 1. The van der Waals surface area contributed by atoms with Gasteiger partial charge in [0.25, 0.3) is 0 Å². The number of carbonyl (C=O) groups is 1. The minimum absolute atomic E-state index is 0.118. The van der Waals surface area contributed by atoms with Crippen LogP contribution in [0.25, 0.3) is 0 Å². The molecule has 0 atom stereocenters. The van der Waals surface area contributed by atoms with Crippen molar-refractivity contribution in [2.24, 2.45) is 0 Å². The highest BCUT2D eigenvalue weighted by molar-refractivity contribution is 8.76. The SMILES string of the molecule is CCOCCCSSCCC(=O)NC. The first-order chi connectivity index (χ1) is 6.81. The van der Waals surface area contributed by atoms with E-state index in [0.29, 0.717) is 6.42 Å². The molecule has 0 rings (SSSR count). The van der Waals surface area contributed by atoms with Crippen LogP contribution in [0.5, 0.6) is 0 Å². The molecule has 0 fully saturated rings. The standard InChI is InChI=1S/C9H19NO2S2/c1-3-12-6-4-7-13-14-8-5-9(11)10-2/h3-8H2,1-2H3,(H,10,11). The highest BCUT2D eigenvalue weighted by Crippen LogP contribution is 2.22. The number of carbonyl (C=O) groups excluding carboxylic acids is 1. The maximum absolute atomic E-state index is 10.8. The van der Waals surface area contributed by atoms with Crippen molar-refractivity contribution >= 4 is 27.5 Å². The van der Waals surface area contributed by atoms with Gasteiger partial charge in [0.2, 0.25) is 5.91 Å². The summed E-state index contributed by atoms with van der Waals surface area (Å²) in [5, 5.41) is 2.60. The molecule has 0 heterocycles. The number of nitrogens with one attached hydrogen (secondary N) is 1. The molecule has 0 aliphatic heterocycles. The van der Waals surface area contributed by atoms with Gasteiger partial charge in [-0.05, 0) is 13.3 Å². The Bertz CT molecular complexity index is 145. The zero-order valence-electron chi connectivity index (χ0n) is 8.88. The molecule has 0 radical (unpaired) electrons. The van der Waals surface area contributed by atoms with E-state index in [1.165, 1.54) is 0 Å². The van der Waals surface area contributed by atoms with Crippen LogP contribution in [0.15, 0.2) is 0 Å². The average Bonchev–Trinajstić information content (AvgIpc) is 2.21. The first kappa shape index (κ1) is 14.1. The Kier molecular flexibility index (Phi) is 11.3. The van der Waals surface area contributed by atoms with Gasteiger partial charge in [-0.2, -0.15) is 0 Å². The van der Waals surface area contributed by atoms with Crippen LogP contribution in [0.2, 0.25) is 0 Å². The fourth-order valence-corrected chi connectivity index (χ4v) is 2.79. The number of amides is 1. The molecule has 0 spiro atoms. The van der Waals surface area contributed by atoms with E-state index in [4.69, 9.17) is 4.74 Å². The molecule has 0 aromatic rings. The zero-order chi connectivity index (χ0) is 10.6. The molecular formula is C9H19NO2S2. The highest BCUT2D eigenvalue weighted by atomic mass is 33.1. The van der Waals surface area contributed by atoms with Gasteiger partial charge in [0.1, 0.15) is 0 Å². The monoisotopic (exact) mass is 237 g/mol. The van der Waals surface area contributed by atoms with Gasteiger partial charge in [-0.1, -0.05) is 21.6 Å². The van der Waals surface area contributed by atoms with Gasteiger partial charge in [-0.25, -0.2) is 0 Å². The van der Waals surface area contributed by atoms with Crippen molar-refractivity contribution in [3.8, 4) is 0 Å². The molecule has 0 aliphatic carbocycles. The third-order valence-electron chi connectivity index (χ3n) is 1.50. The van der Waals surface area contributed by atoms with Crippen molar-refractivity contribution in [1.82, 2.24) is 5.32 Å². The summed E-state index contributed by atoms with van der Waals surface area (Å²) in [4.78, 5) is 10.8. The van der Waals surface area contributed by atoms with E-state index < -0.39 is 0 Å². The van der Waals surface area contributed by atoms with Gasteiger partial charge < -0.3 is 10.1 Å². The number of hydrogen-bond acceptors (Lipinski definition) is 4. The molecule has 0 saturated carbocycles. The molecule has 0 bridgehead atoms. The molecule has 0 aromatic heterocycles. The Morgan fingerprint density at radius 2 is 2.07 bits per heavy atom. The fourth-order valence-electron chi connectivity index (χ4n) is 0.741. The van der Waals surface area contributed by atoms with Gasteiger partial charge in [-0.3, -0.25) is 4.79 Å². The van der Waals surface area contributed by atoms with E-state index in [1.54, 1.807) is 17.8 Å². The van der Waals surface area contributed by atoms with Crippen molar-refractivity contribution in [1.29, 1.82) is 0 Å². The fraction of sp³-hybridized carbons (Fsp3) is 0.889. The zero-order valence-corrected chi connectivity index (χ0v) is 10.5. The molecule has 3 nitrogen and oxygen atoms in total. The van der Waals surface area contributed by atoms with E-state index in [9.17, 15) is 4.79 Å². The Morgan fingerprint density at radius 1 is 1.36 bits per heavy atom. The normalized spacial score (nSPS) is 10.1. The highest BCUT2D eigenvalue weighted by Gasteiger charge is 1.97. The first-order valence-corrected chi connectivity index (χ1v) is 7.32. The predicted molar refractivity (Wildman–Crippen MR) is 64.7 cm³/mol. The second-order valence-corrected chi connectivity index (χ2v) is 5.32. The molecular weight excluding hydrogens is 218 g/mol. The van der Waals surface area contributed by atoms with Gasteiger partial charge in [0.05, 0.1) is 0 Å². The molecule has 0 saturated heterocycles. The lowest BCUT2D eigenvalue weighted by atomic mass is 10.5. The maximum Gasteiger partial charge on any atom is 0.220 e. The third kappa shape index (κ3) is 10.2. The van der Waals surface area contributed by atoms with Crippen LogP contribution in [0.3, 0.4) is 0 Å². The lowest BCUT2D eigenvalue weighted by Gasteiger charge is -2.01. The Hall–Kier alpha value is 0.130. The minimum Gasteiger partial charge on any atom is -0.382 e. The van der Waals surface area contributed by atoms with Gasteiger partial charge in [-0.15, -0.1) is 0 Å². The van der Waals surface area contributed by atoms with Crippen LogP contribution in [0, 0.1) is 0 Å². The lowest BCUT2D eigenvalue weighted by Crippen LogP contribution is -2.17. The Morgan fingerprint density at radius 3 is 2.71 bits per heavy atom. The van der Waals surface area contributed by atoms with Crippen LogP contribution in [-0.4, -0.2) is 37.7 Å². The summed E-state index contributed by atoms with van der Waals surface area (Å²) in [7, 11) is 5.24. The van der Waals surface area contributed by atoms with E-state index in [-0.39, 0.29) is 5.91 Å². The predicted octanol–water partition coefficient (Wildman–Crippen LogP) is 1.93. The summed E-state index contributed by atoms with van der Waals surface area (Å²) in [5.41, 5.74) is 0. The largest absolute Gasteiger partial charge is 0.382 e. The quantitative estimate of drug-likeness (QED) is 0.491. The molecule has 0 aliphatic rings. The van der Waals surface area contributed by atoms with Crippen LogP contribution < -0.4 is 5.32 Å². The first-order valence-electron chi connectivity index (χ1n) is 4.84. The molecule has 1 N–H and O–H groups in total. The summed E-state index contributed by atoms with van der Waals surface area (Å²) < 4.78 is 5.21. The lowest BCUT2D eigenvalue weighted by molar-refractivity contribution is -0.120. The minimum atomic E-state index is 0.118. The summed E-state index contributed by atoms with van der Waals surface area (Å²) in [6.45, 7) is 3.65. The van der Waals surface area contributed by atoms with Crippen molar-refractivity contribution in [2.75, 3.05) is 31.8 Å². The van der Waals surface area contributed by atoms with Crippen molar-refractivity contribution in [3.05, 3.63) is 0 Å². The summed E-state index contributed by atoms with van der Waals surface area (Å²) >= 11 is 0.